The highest BCUT2D eigenvalue weighted by atomic mass is 35.5. The third kappa shape index (κ3) is 6.31. The zero-order valence-electron chi connectivity index (χ0n) is 12.4. The Balaban J connectivity index is 2.93. The maximum atomic E-state index is 11.7. The van der Waals surface area contributed by atoms with Gasteiger partial charge >= 0.3 is 12.1 Å². The molecule has 1 aromatic rings. The van der Waals surface area contributed by atoms with Crippen LogP contribution >= 0.6 is 11.6 Å². The average Bonchev–Trinajstić information content (AvgIpc) is 2.37. The van der Waals surface area contributed by atoms with Crippen LogP contribution in [0.5, 0.6) is 0 Å². The molecule has 0 atom stereocenters. The number of carbonyl (C=O) groups excluding carboxylic acids is 2. The number of hydrogen-bond donors (Lipinski definition) is 1. The Morgan fingerprint density at radius 3 is 2.24 bits per heavy atom. The van der Waals surface area contributed by atoms with Gasteiger partial charge in [0.15, 0.2) is 0 Å². The first kappa shape index (κ1) is 17.0. The van der Waals surface area contributed by atoms with Crippen molar-refractivity contribution >= 4 is 29.7 Å². The van der Waals surface area contributed by atoms with E-state index in [-0.39, 0.29) is 5.70 Å². The predicted molar refractivity (Wildman–Crippen MR) is 80.8 cm³/mol. The van der Waals surface area contributed by atoms with Crippen molar-refractivity contribution in [3.05, 3.63) is 40.5 Å². The lowest BCUT2D eigenvalue weighted by molar-refractivity contribution is -0.136. The molecule has 0 aromatic heterocycles. The quantitative estimate of drug-likeness (QED) is 0.686. The summed E-state index contributed by atoms with van der Waals surface area (Å²) < 4.78 is 9.74. The van der Waals surface area contributed by atoms with E-state index in [4.69, 9.17) is 16.3 Å². The average molecular weight is 312 g/mol. The Bertz CT molecular complexity index is 544. The van der Waals surface area contributed by atoms with Crippen molar-refractivity contribution in [1.29, 1.82) is 0 Å². The van der Waals surface area contributed by atoms with Crippen LogP contribution in [0.2, 0.25) is 5.02 Å². The monoisotopic (exact) mass is 311 g/mol. The second-order valence-corrected chi connectivity index (χ2v) is 5.66. The molecule has 0 unspecified atom stereocenters. The van der Waals surface area contributed by atoms with Gasteiger partial charge in [0.2, 0.25) is 0 Å². The molecule has 6 heteroatoms. The van der Waals surface area contributed by atoms with Crippen LogP contribution in [-0.4, -0.2) is 24.8 Å². The number of nitrogens with one attached hydrogen (secondary N) is 1. The molecule has 1 aromatic carbocycles. The molecule has 0 aliphatic carbocycles. The Morgan fingerprint density at radius 1 is 1.19 bits per heavy atom. The number of carbonyl (C=O) groups is 2. The van der Waals surface area contributed by atoms with Crippen LogP contribution in [0.3, 0.4) is 0 Å². The fourth-order valence-corrected chi connectivity index (χ4v) is 1.52. The molecule has 0 saturated heterocycles. The van der Waals surface area contributed by atoms with E-state index in [2.05, 4.69) is 10.1 Å². The number of ether oxygens (including phenoxy) is 2. The molecule has 1 N–H and O–H groups in total. The van der Waals surface area contributed by atoms with Gasteiger partial charge in [-0.3, -0.25) is 5.32 Å². The lowest BCUT2D eigenvalue weighted by Crippen LogP contribution is -2.34. The molecule has 0 aliphatic heterocycles. The molecular weight excluding hydrogens is 294 g/mol. The smallest absolute Gasteiger partial charge is 0.412 e. The zero-order chi connectivity index (χ0) is 16.0. The maximum Gasteiger partial charge on any atom is 0.412 e. The van der Waals surface area contributed by atoms with E-state index in [0.717, 1.165) is 0 Å². The fourth-order valence-electron chi connectivity index (χ4n) is 1.40. The van der Waals surface area contributed by atoms with Gasteiger partial charge in [0.1, 0.15) is 11.3 Å². The summed E-state index contributed by atoms with van der Waals surface area (Å²) in [6.45, 7) is 5.19. The van der Waals surface area contributed by atoms with Gasteiger partial charge in [0, 0.05) is 5.02 Å². The molecule has 5 nitrogen and oxygen atoms in total. The van der Waals surface area contributed by atoms with Gasteiger partial charge in [-0.2, -0.15) is 0 Å². The first-order valence-corrected chi connectivity index (χ1v) is 6.64. The Kier molecular flexibility index (Phi) is 5.79. The summed E-state index contributed by atoms with van der Waals surface area (Å²) in [5.41, 5.74) is 0.0101. The van der Waals surface area contributed by atoms with Crippen molar-refractivity contribution in [2.75, 3.05) is 7.11 Å². The number of halogens is 1. The lowest BCUT2D eigenvalue weighted by atomic mass is 10.2. The van der Waals surface area contributed by atoms with E-state index >= 15 is 0 Å². The highest BCUT2D eigenvalue weighted by Gasteiger charge is 2.19. The van der Waals surface area contributed by atoms with Crippen LogP contribution < -0.4 is 5.32 Å². The number of methoxy groups -OCH3 is 1. The molecule has 114 valence electrons. The van der Waals surface area contributed by atoms with Gasteiger partial charge in [-0.15, -0.1) is 0 Å². The molecule has 0 bridgehead atoms. The first-order chi connectivity index (χ1) is 9.71. The normalized spacial score (nSPS) is 11.8. The summed E-state index contributed by atoms with van der Waals surface area (Å²) in [6.07, 6.45) is 0.750. The second kappa shape index (κ2) is 7.13. The molecule has 21 heavy (non-hydrogen) atoms. The molecule has 0 radical (unpaired) electrons. The van der Waals surface area contributed by atoms with Crippen LogP contribution in [0.15, 0.2) is 30.0 Å². The molecule has 0 saturated carbocycles. The minimum Gasteiger partial charge on any atom is -0.464 e. The van der Waals surface area contributed by atoms with Gasteiger partial charge in [-0.1, -0.05) is 23.7 Å². The molecule has 0 spiro atoms. The van der Waals surface area contributed by atoms with Crippen LogP contribution in [0.25, 0.3) is 6.08 Å². The van der Waals surface area contributed by atoms with Crippen molar-refractivity contribution in [2.45, 2.75) is 26.4 Å². The molecule has 0 aliphatic rings. The van der Waals surface area contributed by atoms with Gasteiger partial charge in [-0.05, 0) is 44.5 Å². The van der Waals surface area contributed by atoms with Crippen LogP contribution in [-0.2, 0) is 14.3 Å². The summed E-state index contributed by atoms with van der Waals surface area (Å²) >= 11 is 5.79. The Morgan fingerprint density at radius 2 is 1.76 bits per heavy atom. The van der Waals surface area contributed by atoms with Gasteiger partial charge in [-0.25, -0.2) is 9.59 Å². The number of hydrogen-bond acceptors (Lipinski definition) is 4. The minimum atomic E-state index is -0.729. The number of amides is 1. The van der Waals surface area contributed by atoms with Crippen molar-refractivity contribution in [2.24, 2.45) is 0 Å². The maximum absolute atomic E-state index is 11.7. The fraction of sp³-hybridized carbons (Fsp3) is 0.333. The van der Waals surface area contributed by atoms with Crippen LogP contribution in [0, 0.1) is 0 Å². The molecular formula is C15H18ClNO4. The van der Waals surface area contributed by atoms with E-state index < -0.39 is 17.7 Å². The number of rotatable bonds is 3. The van der Waals surface area contributed by atoms with Crippen LogP contribution in [0.4, 0.5) is 4.79 Å². The second-order valence-electron chi connectivity index (χ2n) is 5.23. The van der Waals surface area contributed by atoms with E-state index in [0.29, 0.717) is 10.6 Å². The molecule has 1 amide bonds. The molecule has 0 heterocycles. The van der Waals surface area contributed by atoms with Gasteiger partial charge in [0.25, 0.3) is 0 Å². The zero-order valence-corrected chi connectivity index (χ0v) is 13.2. The number of esters is 1. The van der Waals surface area contributed by atoms with E-state index in [9.17, 15) is 9.59 Å². The summed E-state index contributed by atoms with van der Waals surface area (Å²) in [5, 5.41) is 2.96. The van der Waals surface area contributed by atoms with Gasteiger partial charge < -0.3 is 9.47 Å². The van der Waals surface area contributed by atoms with E-state index in [1.165, 1.54) is 13.2 Å². The Hall–Kier alpha value is -2.01. The van der Waals surface area contributed by atoms with E-state index in [1.807, 2.05) is 0 Å². The standard InChI is InChI=1S/C15H18ClNO4/c1-15(2,3)21-14(19)17-12(13(18)20-4)9-10-5-7-11(16)8-6-10/h5-9H,1-4H3,(H,17,19)/b12-9+. The summed E-state index contributed by atoms with van der Waals surface area (Å²) in [7, 11) is 1.23. The summed E-state index contributed by atoms with van der Waals surface area (Å²) in [4.78, 5) is 23.4. The highest BCUT2D eigenvalue weighted by molar-refractivity contribution is 6.30. The van der Waals surface area contributed by atoms with E-state index in [1.54, 1.807) is 45.0 Å². The third-order valence-corrected chi connectivity index (χ3v) is 2.47. The van der Waals surface area contributed by atoms with Crippen molar-refractivity contribution in [3.63, 3.8) is 0 Å². The highest BCUT2D eigenvalue weighted by Crippen LogP contribution is 2.13. The molecule has 0 fully saturated rings. The SMILES string of the molecule is COC(=O)/C(=C\c1ccc(Cl)cc1)NC(=O)OC(C)(C)C. The molecule has 1 rings (SSSR count). The summed E-state index contributed by atoms with van der Waals surface area (Å²) in [6, 6.07) is 6.77. The predicted octanol–water partition coefficient (Wildman–Crippen LogP) is 3.38. The van der Waals surface area contributed by atoms with Crippen molar-refractivity contribution in [1.82, 2.24) is 5.32 Å². The topological polar surface area (TPSA) is 64.6 Å². The minimum absolute atomic E-state index is 0.0194. The summed E-state index contributed by atoms with van der Waals surface area (Å²) in [5.74, 6) is -0.671. The van der Waals surface area contributed by atoms with Crippen LogP contribution in [0.1, 0.15) is 26.3 Å². The Labute approximate surface area is 128 Å². The number of alkyl carbamates (subject to hydrolysis) is 1. The lowest BCUT2D eigenvalue weighted by Gasteiger charge is -2.20. The van der Waals surface area contributed by atoms with Gasteiger partial charge in [0.05, 0.1) is 7.11 Å². The number of benzene rings is 1. The largest absolute Gasteiger partial charge is 0.464 e. The van der Waals surface area contributed by atoms with Crippen molar-refractivity contribution < 1.29 is 19.1 Å². The third-order valence-electron chi connectivity index (χ3n) is 2.22. The first-order valence-electron chi connectivity index (χ1n) is 6.27. The van der Waals surface area contributed by atoms with Crippen molar-refractivity contribution in [3.8, 4) is 0 Å².